The summed E-state index contributed by atoms with van der Waals surface area (Å²) >= 11 is 0. The summed E-state index contributed by atoms with van der Waals surface area (Å²) in [6, 6.07) is 17.6. The van der Waals surface area contributed by atoms with E-state index in [1.54, 1.807) is 7.11 Å². The van der Waals surface area contributed by atoms with Crippen LogP contribution in [0.4, 0.5) is 0 Å². The number of carbonyl (C=O) groups is 1. The van der Waals surface area contributed by atoms with Gasteiger partial charge in [0.25, 0.3) is 0 Å². The van der Waals surface area contributed by atoms with E-state index in [1.807, 2.05) is 70.4 Å². The molecule has 0 aliphatic carbocycles. The number of likely N-dealkylation sites (tertiary alicyclic amines) is 1. The van der Waals surface area contributed by atoms with Gasteiger partial charge in [0.15, 0.2) is 0 Å². The second-order valence-corrected chi connectivity index (χ2v) is 7.09. The number of benzene rings is 2. The fourth-order valence-electron chi connectivity index (χ4n) is 3.26. The average molecular weight is 392 g/mol. The SMILES string of the molecule is COc1ccc(CCC(=O)N2CC(n3cc(COc4ccccc4)nn3)C2)cc1. The van der Waals surface area contributed by atoms with Crippen LogP contribution in [0.25, 0.3) is 0 Å². The smallest absolute Gasteiger partial charge is 0.223 e. The van der Waals surface area contributed by atoms with E-state index < -0.39 is 0 Å². The molecule has 0 bridgehead atoms. The highest BCUT2D eigenvalue weighted by molar-refractivity contribution is 5.77. The Labute approximate surface area is 169 Å². The van der Waals surface area contributed by atoms with Crippen LogP contribution in [0, 0.1) is 0 Å². The van der Waals surface area contributed by atoms with Gasteiger partial charge in [-0.15, -0.1) is 5.10 Å². The van der Waals surface area contributed by atoms with Gasteiger partial charge in [-0.05, 0) is 36.2 Å². The first-order valence-electron chi connectivity index (χ1n) is 9.70. The summed E-state index contributed by atoms with van der Waals surface area (Å²) in [4.78, 5) is 14.3. The number of aryl methyl sites for hydroxylation is 1. The normalized spacial score (nSPS) is 13.8. The number of aromatic nitrogens is 3. The lowest BCUT2D eigenvalue weighted by Gasteiger charge is -2.39. The van der Waals surface area contributed by atoms with E-state index >= 15 is 0 Å². The van der Waals surface area contributed by atoms with Crippen molar-refractivity contribution in [1.29, 1.82) is 0 Å². The molecule has 4 rings (SSSR count). The Morgan fingerprint density at radius 2 is 1.83 bits per heavy atom. The van der Waals surface area contributed by atoms with E-state index in [0.29, 0.717) is 26.1 Å². The van der Waals surface area contributed by atoms with E-state index in [4.69, 9.17) is 9.47 Å². The van der Waals surface area contributed by atoms with Crippen LogP contribution < -0.4 is 9.47 Å². The van der Waals surface area contributed by atoms with Gasteiger partial charge < -0.3 is 14.4 Å². The summed E-state index contributed by atoms with van der Waals surface area (Å²) in [5, 5.41) is 8.36. The number of ether oxygens (including phenoxy) is 2. The Hall–Kier alpha value is -3.35. The number of rotatable bonds is 8. The Kier molecular flexibility index (Phi) is 5.74. The average Bonchev–Trinajstić information content (AvgIpc) is 3.19. The van der Waals surface area contributed by atoms with E-state index in [1.165, 1.54) is 0 Å². The second kappa shape index (κ2) is 8.77. The van der Waals surface area contributed by atoms with Crippen LogP contribution in [0.1, 0.15) is 23.7 Å². The highest BCUT2D eigenvalue weighted by Crippen LogP contribution is 2.22. The van der Waals surface area contributed by atoms with Gasteiger partial charge in [0, 0.05) is 19.5 Å². The third-order valence-electron chi connectivity index (χ3n) is 5.06. The molecule has 0 atom stereocenters. The number of para-hydroxylation sites is 1. The Bertz CT molecular complexity index is 934. The standard InChI is InChI=1S/C22H24N4O3/c1-28-20-10-7-17(8-11-20)9-12-22(27)25-14-19(15-25)26-13-18(23-24-26)16-29-21-5-3-2-4-6-21/h2-8,10-11,13,19H,9,12,14-16H2,1H3. The molecule has 7 nitrogen and oxygen atoms in total. The molecule has 1 aliphatic rings. The first kappa shape index (κ1) is 19.0. The van der Waals surface area contributed by atoms with Crippen molar-refractivity contribution in [2.24, 2.45) is 0 Å². The lowest BCUT2D eigenvalue weighted by molar-refractivity contribution is -0.137. The largest absolute Gasteiger partial charge is 0.497 e. The van der Waals surface area contributed by atoms with Gasteiger partial charge in [0.1, 0.15) is 23.8 Å². The maximum absolute atomic E-state index is 12.4. The van der Waals surface area contributed by atoms with Crippen molar-refractivity contribution < 1.29 is 14.3 Å². The number of hydrogen-bond donors (Lipinski definition) is 0. The minimum atomic E-state index is 0.171. The Balaban J connectivity index is 1.21. The van der Waals surface area contributed by atoms with Crippen molar-refractivity contribution in [2.45, 2.75) is 25.5 Å². The zero-order valence-electron chi connectivity index (χ0n) is 16.4. The number of methoxy groups -OCH3 is 1. The summed E-state index contributed by atoms with van der Waals surface area (Å²) in [6.07, 6.45) is 3.13. The monoisotopic (exact) mass is 392 g/mol. The van der Waals surface area contributed by atoms with Crippen LogP contribution in [0.2, 0.25) is 0 Å². The van der Waals surface area contributed by atoms with Crippen molar-refractivity contribution in [2.75, 3.05) is 20.2 Å². The van der Waals surface area contributed by atoms with Crippen molar-refractivity contribution in [3.63, 3.8) is 0 Å². The molecule has 1 aromatic heterocycles. The number of carbonyl (C=O) groups excluding carboxylic acids is 1. The van der Waals surface area contributed by atoms with E-state index in [9.17, 15) is 4.79 Å². The minimum absolute atomic E-state index is 0.171. The predicted molar refractivity (Wildman–Crippen MR) is 108 cm³/mol. The fourth-order valence-corrected chi connectivity index (χ4v) is 3.26. The molecule has 3 aromatic rings. The van der Waals surface area contributed by atoms with Gasteiger partial charge >= 0.3 is 0 Å². The highest BCUT2D eigenvalue weighted by Gasteiger charge is 2.32. The number of nitrogens with zero attached hydrogens (tertiary/aromatic N) is 4. The van der Waals surface area contributed by atoms with Crippen LogP contribution in [-0.2, 0) is 17.8 Å². The predicted octanol–water partition coefficient (Wildman–Crippen LogP) is 2.88. The molecular formula is C22H24N4O3. The molecule has 29 heavy (non-hydrogen) atoms. The summed E-state index contributed by atoms with van der Waals surface area (Å²) in [5.41, 5.74) is 1.91. The summed E-state index contributed by atoms with van der Waals surface area (Å²) < 4.78 is 12.7. The zero-order valence-corrected chi connectivity index (χ0v) is 16.4. The molecule has 1 fully saturated rings. The lowest BCUT2D eigenvalue weighted by atomic mass is 10.1. The summed E-state index contributed by atoms with van der Waals surface area (Å²) in [6.45, 7) is 1.72. The van der Waals surface area contributed by atoms with E-state index in [-0.39, 0.29) is 11.9 Å². The summed E-state index contributed by atoms with van der Waals surface area (Å²) in [7, 11) is 1.65. The van der Waals surface area contributed by atoms with Crippen LogP contribution in [0.5, 0.6) is 11.5 Å². The van der Waals surface area contributed by atoms with Crippen molar-refractivity contribution >= 4 is 5.91 Å². The third-order valence-corrected chi connectivity index (χ3v) is 5.06. The van der Waals surface area contributed by atoms with E-state index in [2.05, 4.69) is 10.3 Å². The second-order valence-electron chi connectivity index (χ2n) is 7.09. The van der Waals surface area contributed by atoms with Crippen LogP contribution in [-0.4, -0.2) is 46.0 Å². The van der Waals surface area contributed by atoms with Crippen LogP contribution in [0.3, 0.4) is 0 Å². The molecule has 2 aromatic carbocycles. The van der Waals surface area contributed by atoms with Gasteiger partial charge in [0.2, 0.25) is 5.91 Å². The molecule has 0 radical (unpaired) electrons. The molecule has 0 saturated carbocycles. The van der Waals surface area contributed by atoms with Gasteiger partial charge in [-0.1, -0.05) is 35.5 Å². The summed E-state index contributed by atoms with van der Waals surface area (Å²) in [5.74, 6) is 1.80. The molecule has 1 amide bonds. The molecular weight excluding hydrogens is 368 g/mol. The first-order valence-corrected chi connectivity index (χ1v) is 9.70. The van der Waals surface area contributed by atoms with Crippen LogP contribution >= 0.6 is 0 Å². The van der Waals surface area contributed by atoms with Crippen molar-refractivity contribution in [1.82, 2.24) is 19.9 Å². The first-order chi connectivity index (χ1) is 14.2. The highest BCUT2D eigenvalue weighted by atomic mass is 16.5. The maximum Gasteiger partial charge on any atom is 0.223 e. The lowest BCUT2D eigenvalue weighted by Crippen LogP contribution is -2.51. The molecule has 1 saturated heterocycles. The van der Waals surface area contributed by atoms with Crippen LogP contribution in [0.15, 0.2) is 60.8 Å². The minimum Gasteiger partial charge on any atom is -0.497 e. The maximum atomic E-state index is 12.4. The third kappa shape index (κ3) is 4.74. The topological polar surface area (TPSA) is 69.5 Å². The number of hydrogen-bond acceptors (Lipinski definition) is 5. The fraction of sp³-hybridized carbons (Fsp3) is 0.318. The molecule has 150 valence electrons. The molecule has 0 unspecified atom stereocenters. The van der Waals surface area contributed by atoms with Crippen molar-refractivity contribution in [3.8, 4) is 11.5 Å². The Morgan fingerprint density at radius 3 is 2.55 bits per heavy atom. The van der Waals surface area contributed by atoms with Crippen molar-refractivity contribution in [3.05, 3.63) is 72.1 Å². The Morgan fingerprint density at radius 1 is 1.07 bits per heavy atom. The van der Waals surface area contributed by atoms with E-state index in [0.717, 1.165) is 29.2 Å². The molecule has 1 aliphatic heterocycles. The molecule has 0 N–H and O–H groups in total. The van der Waals surface area contributed by atoms with Gasteiger partial charge in [-0.3, -0.25) is 4.79 Å². The molecule has 0 spiro atoms. The number of amides is 1. The van der Waals surface area contributed by atoms with Gasteiger partial charge in [0.05, 0.1) is 19.3 Å². The molecule has 7 heteroatoms. The van der Waals surface area contributed by atoms with Gasteiger partial charge in [-0.25, -0.2) is 4.68 Å². The zero-order chi connectivity index (χ0) is 20.1. The quantitative estimate of drug-likeness (QED) is 0.590. The molecule has 2 heterocycles. The van der Waals surface area contributed by atoms with Gasteiger partial charge in [-0.2, -0.15) is 0 Å².